The van der Waals surface area contributed by atoms with Crippen LogP contribution in [-0.4, -0.2) is 0 Å². The molecule has 10 rings (SSSR count). The molecule has 338 valence electrons. The molecule has 10 aromatic rings. The minimum Gasteiger partial charge on any atom is -0.408 e. The van der Waals surface area contributed by atoms with Crippen molar-refractivity contribution >= 4 is 60.3 Å². The van der Waals surface area contributed by atoms with Crippen LogP contribution in [0.1, 0.15) is 74.6 Å². The first-order chi connectivity index (χ1) is 33.3. The van der Waals surface area contributed by atoms with Crippen LogP contribution in [0.2, 0.25) is 0 Å². The summed E-state index contributed by atoms with van der Waals surface area (Å²) in [5, 5.41) is 8.14. The molecular formula is C60H52O6P2. The highest BCUT2D eigenvalue weighted by molar-refractivity contribution is 7.43. The Morgan fingerprint density at radius 3 is 0.809 bits per heavy atom. The zero-order valence-corrected chi connectivity index (χ0v) is 40.5. The zero-order valence-electron chi connectivity index (χ0n) is 38.7. The van der Waals surface area contributed by atoms with Crippen molar-refractivity contribution in [3.8, 4) is 34.5 Å². The number of rotatable bonds is 16. The first-order valence-electron chi connectivity index (χ1n) is 23.1. The zero-order chi connectivity index (χ0) is 46.6. The third kappa shape index (κ3) is 9.40. The van der Waals surface area contributed by atoms with E-state index in [1.54, 1.807) is 0 Å². The summed E-state index contributed by atoms with van der Waals surface area (Å²) in [6.45, 7) is 11.0. The number of para-hydroxylation sites is 2. The van der Waals surface area contributed by atoms with Gasteiger partial charge in [0, 0.05) is 38.6 Å². The molecule has 0 saturated carbocycles. The largest absolute Gasteiger partial charge is 0.530 e. The predicted octanol–water partition coefficient (Wildman–Crippen LogP) is 18.2. The molecule has 0 aromatic heterocycles. The van der Waals surface area contributed by atoms with Crippen molar-refractivity contribution in [1.82, 2.24) is 0 Å². The molecule has 8 heteroatoms. The van der Waals surface area contributed by atoms with Crippen LogP contribution < -0.4 is 27.1 Å². The van der Waals surface area contributed by atoms with Crippen LogP contribution >= 0.6 is 17.2 Å². The van der Waals surface area contributed by atoms with E-state index in [-0.39, 0.29) is 17.8 Å². The van der Waals surface area contributed by atoms with Gasteiger partial charge in [0.2, 0.25) is 0 Å². The highest BCUT2D eigenvalue weighted by Gasteiger charge is 2.31. The standard InChI is InChI=1S/C60H52O6P2/c1-40(2)47-32-18-34-49(59(47)65-67(61-55-36-14-24-43-20-6-10-28-51(43)55)62-56-37-15-25-44-21-7-11-29-52(44)56)42(5)50-35-19-33-48(41(3)4)60(50)66-68(63-57-38-16-26-45-22-8-12-30-53(45)57)64-58-39-17-27-46-23-9-13-31-54(46)58/h6-42H,1-5H3. The van der Waals surface area contributed by atoms with Gasteiger partial charge < -0.3 is 27.1 Å². The first kappa shape index (κ1) is 44.7. The normalized spacial score (nSPS) is 11.7. The summed E-state index contributed by atoms with van der Waals surface area (Å²) in [7, 11) is -4.16. The Kier molecular flexibility index (Phi) is 13.2. The lowest BCUT2D eigenvalue weighted by molar-refractivity contribution is 0.385. The monoisotopic (exact) mass is 930 g/mol. The minimum absolute atomic E-state index is 0.109. The van der Waals surface area contributed by atoms with Gasteiger partial charge in [-0.05, 0) is 68.8 Å². The first-order valence-corrected chi connectivity index (χ1v) is 25.3. The van der Waals surface area contributed by atoms with E-state index in [1.807, 2.05) is 97.1 Å². The third-order valence-electron chi connectivity index (χ3n) is 12.4. The van der Waals surface area contributed by atoms with Crippen LogP contribution in [-0.2, 0) is 0 Å². The van der Waals surface area contributed by atoms with Gasteiger partial charge in [0.15, 0.2) is 0 Å². The Hall–Kier alpha value is -7.10. The fourth-order valence-corrected chi connectivity index (χ4v) is 11.0. The van der Waals surface area contributed by atoms with E-state index >= 15 is 0 Å². The van der Waals surface area contributed by atoms with Gasteiger partial charge in [-0.2, -0.15) is 0 Å². The van der Waals surface area contributed by atoms with E-state index < -0.39 is 17.2 Å². The second-order valence-electron chi connectivity index (χ2n) is 17.5. The molecular weight excluding hydrogens is 879 g/mol. The highest BCUT2D eigenvalue weighted by Crippen LogP contribution is 2.53. The van der Waals surface area contributed by atoms with Crippen molar-refractivity contribution in [3.63, 3.8) is 0 Å². The van der Waals surface area contributed by atoms with E-state index in [9.17, 15) is 0 Å². The summed E-state index contributed by atoms with van der Waals surface area (Å²) < 4.78 is 42.2. The van der Waals surface area contributed by atoms with Crippen molar-refractivity contribution in [2.24, 2.45) is 0 Å². The summed E-state index contributed by atoms with van der Waals surface area (Å²) in [6, 6.07) is 69.9. The molecule has 0 N–H and O–H groups in total. The Bertz CT molecular complexity index is 2980. The maximum atomic E-state index is 7.26. The lowest BCUT2D eigenvalue weighted by atomic mass is 9.86. The average molecular weight is 931 g/mol. The molecule has 0 aliphatic carbocycles. The SMILES string of the molecule is CC(C)c1cccc(C(C)c2cccc(C(C)C)c2OP(Oc2cccc3ccccc23)Oc2cccc3ccccc23)c1OP(Oc1cccc2ccccc12)Oc1cccc2ccccc12. The molecule has 0 radical (unpaired) electrons. The lowest BCUT2D eigenvalue weighted by Gasteiger charge is -2.27. The topological polar surface area (TPSA) is 55.4 Å². The van der Waals surface area contributed by atoms with Crippen LogP contribution in [0, 0.1) is 0 Å². The molecule has 0 atom stereocenters. The van der Waals surface area contributed by atoms with Gasteiger partial charge in [-0.15, -0.1) is 0 Å². The van der Waals surface area contributed by atoms with Crippen molar-refractivity contribution in [2.75, 3.05) is 0 Å². The van der Waals surface area contributed by atoms with Gasteiger partial charge in [0.25, 0.3) is 0 Å². The number of hydrogen-bond acceptors (Lipinski definition) is 6. The van der Waals surface area contributed by atoms with Crippen LogP contribution in [0.25, 0.3) is 43.1 Å². The lowest BCUT2D eigenvalue weighted by Crippen LogP contribution is -2.11. The highest BCUT2D eigenvalue weighted by atomic mass is 31.2. The van der Waals surface area contributed by atoms with Crippen molar-refractivity contribution in [2.45, 2.75) is 52.4 Å². The van der Waals surface area contributed by atoms with Crippen LogP contribution in [0.4, 0.5) is 0 Å². The molecule has 0 fully saturated rings. The van der Waals surface area contributed by atoms with E-state index in [2.05, 4.69) is 144 Å². The number of fused-ring (bicyclic) bond motifs is 4. The van der Waals surface area contributed by atoms with Crippen molar-refractivity contribution in [1.29, 1.82) is 0 Å². The van der Waals surface area contributed by atoms with Gasteiger partial charge in [-0.3, -0.25) is 0 Å². The molecule has 68 heavy (non-hydrogen) atoms. The van der Waals surface area contributed by atoms with Gasteiger partial charge in [-0.25, -0.2) is 0 Å². The molecule has 0 amide bonds. The second-order valence-corrected chi connectivity index (χ2v) is 19.5. The molecule has 0 aliphatic rings. The van der Waals surface area contributed by atoms with E-state index in [4.69, 9.17) is 27.1 Å². The van der Waals surface area contributed by atoms with Crippen molar-refractivity contribution < 1.29 is 27.1 Å². The Morgan fingerprint density at radius 2 is 0.515 bits per heavy atom. The van der Waals surface area contributed by atoms with Gasteiger partial charge in [0.1, 0.15) is 34.5 Å². The van der Waals surface area contributed by atoms with Crippen LogP contribution in [0.15, 0.2) is 206 Å². The van der Waals surface area contributed by atoms with E-state index in [0.29, 0.717) is 34.5 Å². The fourth-order valence-electron chi connectivity index (χ4n) is 8.80. The molecule has 0 heterocycles. The molecule has 0 unspecified atom stereocenters. The summed E-state index contributed by atoms with van der Waals surface area (Å²) in [5.74, 6) is 4.11. The summed E-state index contributed by atoms with van der Waals surface area (Å²) in [6.07, 6.45) is 0. The molecule has 0 aliphatic heterocycles. The smallest absolute Gasteiger partial charge is 0.408 e. The number of benzene rings is 10. The molecule has 0 saturated heterocycles. The average Bonchev–Trinajstić information content (AvgIpc) is 3.36. The van der Waals surface area contributed by atoms with Gasteiger partial charge >= 0.3 is 17.2 Å². The predicted molar refractivity (Wildman–Crippen MR) is 282 cm³/mol. The fraction of sp³-hybridized carbons (Fsp3) is 0.133. The van der Waals surface area contributed by atoms with Crippen LogP contribution in [0.5, 0.6) is 34.5 Å². The van der Waals surface area contributed by atoms with Crippen LogP contribution in [0.3, 0.4) is 0 Å². The number of hydrogen-bond donors (Lipinski definition) is 0. The summed E-state index contributed by atoms with van der Waals surface area (Å²) in [4.78, 5) is 0. The Balaban J connectivity index is 1.07. The molecule has 6 nitrogen and oxygen atoms in total. The maximum absolute atomic E-state index is 7.26. The Morgan fingerprint density at radius 1 is 0.265 bits per heavy atom. The third-order valence-corrected chi connectivity index (χ3v) is 14.4. The quantitative estimate of drug-likeness (QED) is 0.0900. The minimum atomic E-state index is -2.08. The molecule has 10 aromatic carbocycles. The maximum Gasteiger partial charge on any atom is 0.530 e. The van der Waals surface area contributed by atoms with Gasteiger partial charge in [0.05, 0.1) is 0 Å². The summed E-state index contributed by atoms with van der Waals surface area (Å²) >= 11 is 0. The summed E-state index contributed by atoms with van der Waals surface area (Å²) in [5.41, 5.74) is 4.00. The van der Waals surface area contributed by atoms with E-state index in [0.717, 1.165) is 65.3 Å². The van der Waals surface area contributed by atoms with Crippen molar-refractivity contribution in [3.05, 3.63) is 229 Å². The second kappa shape index (κ2) is 20.0. The molecule has 0 spiro atoms. The van der Waals surface area contributed by atoms with E-state index in [1.165, 1.54) is 0 Å². The Labute approximate surface area is 401 Å². The van der Waals surface area contributed by atoms with Gasteiger partial charge in [-0.1, -0.05) is 217 Å². The molecule has 0 bridgehead atoms.